The van der Waals surface area contributed by atoms with Gasteiger partial charge in [-0.25, -0.2) is 0 Å². The predicted molar refractivity (Wildman–Crippen MR) is 72.3 cm³/mol. The van der Waals surface area contributed by atoms with Gasteiger partial charge in [-0.3, -0.25) is 9.97 Å². The number of aliphatic hydroxyl groups is 1. The molecule has 2 aromatic heterocycles. The van der Waals surface area contributed by atoms with Crippen LogP contribution in [0.25, 0.3) is 0 Å². The summed E-state index contributed by atoms with van der Waals surface area (Å²) in [5.41, 5.74) is 7.33. The van der Waals surface area contributed by atoms with Crippen molar-refractivity contribution in [3.8, 4) is 0 Å². The van der Waals surface area contributed by atoms with Crippen LogP contribution < -0.4 is 5.73 Å². The predicted octanol–water partition coefficient (Wildman–Crippen LogP) is 2.67. The van der Waals surface area contributed by atoms with Gasteiger partial charge in [0.2, 0.25) is 0 Å². The molecule has 1 atom stereocenters. The molecule has 1 unspecified atom stereocenters. The fraction of sp³-hybridized carbons (Fsp3) is 0.0909. The third-order valence-corrected chi connectivity index (χ3v) is 3.35. The van der Waals surface area contributed by atoms with Gasteiger partial charge < -0.3 is 10.8 Å². The third kappa shape index (κ3) is 2.65. The van der Waals surface area contributed by atoms with Crippen molar-refractivity contribution >= 4 is 37.5 Å². The number of anilines is 1. The topological polar surface area (TPSA) is 72.0 Å². The second-order valence-corrected chi connectivity index (χ2v) is 5.20. The molecule has 0 aliphatic heterocycles. The van der Waals surface area contributed by atoms with Gasteiger partial charge in [-0.05, 0) is 44.0 Å². The first-order valence-corrected chi connectivity index (χ1v) is 6.36. The molecule has 0 spiro atoms. The van der Waals surface area contributed by atoms with Gasteiger partial charge in [0, 0.05) is 38.8 Å². The van der Waals surface area contributed by atoms with E-state index in [0.29, 0.717) is 21.4 Å². The zero-order chi connectivity index (χ0) is 12.4. The largest absolute Gasteiger partial charge is 0.398 e. The van der Waals surface area contributed by atoms with E-state index in [1.807, 2.05) is 6.07 Å². The molecule has 0 saturated heterocycles. The zero-order valence-corrected chi connectivity index (χ0v) is 11.8. The second kappa shape index (κ2) is 5.12. The van der Waals surface area contributed by atoms with Gasteiger partial charge in [0.15, 0.2) is 0 Å². The lowest BCUT2D eigenvalue weighted by atomic mass is 10.1. The van der Waals surface area contributed by atoms with Crippen molar-refractivity contribution in [3.05, 3.63) is 50.9 Å². The summed E-state index contributed by atoms with van der Waals surface area (Å²) in [5.74, 6) is 0. The third-order valence-electron chi connectivity index (χ3n) is 2.28. The number of nitrogen functional groups attached to an aromatic ring is 1. The number of aliphatic hydroxyl groups excluding tert-OH is 1. The molecule has 6 heteroatoms. The highest BCUT2D eigenvalue weighted by molar-refractivity contribution is 9.11. The number of rotatable bonds is 2. The molecule has 0 radical (unpaired) electrons. The van der Waals surface area contributed by atoms with Crippen LogP contribution in [0.15, 0.2) is 39.7 Å². The van der Waals surface area contributed by atoms with Crippen molar-refractivity contribution in [2.24, 2.45) is 0 Å². The van der Waals surface area contributed by atoms with E-state index in [-0.39, 0.29) is 0 Å². The van der Waals surface area contributed by atoms with E-state index in [0.717, 1.165) is 4.47 Å². The Bertz CT molecular complexity index is 548. The van der Waals surface area contributed by atoms with E-state index in [4.69, 9.17) is 5.73 Å². The average Bonchev–Trinajstić information content (AvgIpc) is 2.29. The maximum atomic E-state index is 10.2. The van der Waals surface area contributed by atoms with E-state index in [1.54, 1.807) is 18.5 Å². The highest BCUT2D eigenvalue weighted by Crippen LogP contribution is 2.30. The molecule has 0 amide bonds. The lowest BCUT2D eigenvalue weighted by Gasteiger charge is -2.13. The number of hydrogen-bond donors (Lipinski definition) is 2. The van der Waals surface area contributed by atoms with Gasteiger partial charge in [0.05, 0.1) is 5.69 Å². The summed E-state index contributed by atoms with van der Waals surface area (Å²) in [6.45, 7) is 0. The molecule has 0 aliphatic carbocycles. The van der Waals surface area contributed by atoms with Crippen molar-refractivity contribution in [3.63, 3.8) is 0 Å². The van der Waals surface area contributed by atoms with Crippen molar-refractivity contribution in [2.45, 2.75) is 6.10 Å². The number of halogens is 2. The first-order chi connectivity index (χ1) is 8.09. The van der Waals surface area contributed by atoms with Crippen molar-refractivity contribution in [2.75, 3.05) is 5.73 Å². The summed E-state index contributed by atoms with van der Waals surface area (Å²) >= 11 is 6.66. The Morgan fingerprint density at radius 1 is 1.29 bits per heavy atom. The normalized spacial score (nSPS) is 12.4. The summed E-state index contributed by atoms with van der Waals surface area (Å²) in [7, 11) is 0. The lowest BCUT2D eigenvalue weighted by molar-refractivity contribution is 0.215. The molecule has 88 valence electrons. The fourth-order valence-electron chi connectivity index (χ4n) is 1.42. The molecular weight excluding hydrogens is 350 g/mol. The molecule has 0 aliphatic rings. The van der Waals surface area contributed by atoms with Crippen LogP contribution in [0.2, 0.25) is 0 Å². The Balaban J connectivity index is 2.44. The summed E-state index contributed by atoms with van der Waals surface area (Å²) < 4.78 is 1.54. The Morgan fingerprint density at radius 2 is 2.06 bits per heavy atom. The molecule has 3 N–H and O–H groups in total. The van der Waals surface area contributed by atoms with Crippen LogP contribution in [0.5, 0.6) is 0 Å². The number of aromatic nitrogens is 2. The summed E-state index contributed by atoms with van der Waals surface area (Å²) in [4.78, 5) is 8.12. The SMILES string of the molecule is Nc1ccncc1C(O)c1ncc(Br)cc1Br. The quantitative estimate of drug-likeness (QED) is 0.865. The van der Waals surface area contributed by atoms with Crippen LogP contribution >= 0.6 is 31.9 Å². The Hall–Kier alpha value is -0.980. The average molecular weight is 359 g/mol. The monoisotopic (exact) mass is 357 g/mol. The fourth-order valence-corrected chi connectivity index (χ4v) is 2.62. The van der Waals surface area contributed by atoms with Crippen LogP contribution in [0.4, 0.5) is 5.69 Å². The second-order valence-electron chi connectivity index (χ2n) is 3.43. The highest BCUT2D eigenvalue weighted by atomic mass is 79.9. The lowest BCUT2D eigenvalue weighted by Crippen LogP contribution is -2.07. The van der Waals surface area contributed by atoms with Gasteiger partial charge in [-0.15, -0.1) is 0 Å². The molecule has 2 rings (SSSR count). The zero-order valence-electron chi connectivity index (χ0n) is 8.64. The highest BCUT2D eigenvalue weighted by Gasteiger charge is 2.17. The molecule has 4 nitrogen and oxygen atoms in total. The molecule has 0 aromatic carbocycles. The van der Waals surface area contributed by atoms with E-state index in [9.17, 15) is 5.11 Å². The maximum absolute atomic E-state index is 10.2. The van der Waals surface area contributed by atoms with Crippen LogP contribution in [-0.4, -0.2) is 15.1 Å². The van der Waals surface area contributed by atoms with Crippen LogP contribution in [0.3, 0.4) is 0 Å². The molecular formula is C11H9Br2N3O. The van der Waals surface area contributed by atoms with Crippen molar-refractivity contribution in [1.82, 2.24) is 9.97 Å². The smallest absolute Gasteiger partial charge is 0.126 e. The van der Waals surface area contributed by atoms with E-state index in [2.05, 4.69) is 41.8 Å². The minimum Gasteiger partial charge on any atom is -0.398 e. The van der Waals surface area contributed by atoms with Crippen LogP contribution in [-0.2, 0) is 0 Å². The molecule has 0 fully saturated rings. The summed E-state index contributed by atoms with van der Waals surface area (Å²) in [5, 5.41) is 10.2. The van der Waals surface area contributed by atoms with Crippen LogP contribution in [0, 0.1) is 0 Å². The molecule has 17 heavy (non-hydrogen) atoms. The Labute approximate surface area is 115 Å². The number of nitrogens with two attached hydrogens (primary N) is 1. The number of nitrogens with zero attached hydrogens (tertiary/aromatic N) is 2. The summed E-state index contributed by atoms with van der Waals surface area (Å²) in [6.07, 6.45) is 3.84. The Kier molecular flexibility index (Phi) is 3.76. The van der Waals surface area contributed by atoms with E-state index < -0.39 is 6.10 Å². The van der Waals surface area contributed by atoms with Gasteiger partial charge in [-0.1, -0.05) is 0 Å². The molecule has 0 saturated carbocycles. The molecule has 2 heterocycles. The first-order valence-electron chi connectivity index (χ1n) is 4.78. The van der Waals surface area contributed by atoms with Gasteiger partial charge >= 0.3 is 0 Å². The first kappa shape index (κ1) is 12.5. The minimum atomic E-state index is -0.897. The maximum Gasteiger partial charge on any atom is 0.126 e. The number of pyridine rings is 2. The van der Waals surface area contributed by atoms with Gasteiger partial charge in [0.25, 0.3) is 0 Å². The van der Waals surface area contributed by atoms with Gasteiger partial charge in [0.1, 0.15) is 6.10 Å². The summed E-state index contributed by atoms with van der Waals surface area (Å²) in [6, 6.07) is 3.46. The van der Waals surface area contributed by atoms with E-state index in [1.165, 1.54) is 6.20 Å². The standard InChI is InChI=1S/C11H9Br2N3O/c12-6-3-8(13)10(16-4-6)11(17)7-5-15-2-1-9(7)14/h1-5,11,17H,(H2,14,15). The van der Waals surface area contributed by atoms with E-state index >= 15 is 0 Å². The Morgan fingerprint density at radius 3 is 2.71 bits per heavy atom. The van der Waals surface area contributed by atoms with Gasteiger partial charge in [-0.2, -0.15) is 0 Å². The van der Waals surface area contributed by atoms with Crippen LogP contribution in [0.1, 0.15) is 17.4 Å². The van der Waals surface area contributed by atoms with Crippen molar-refractivity contribution < 1.29 is 5.11 Å². The van der Waals surface area contributed by atoms with Crippen molar-refractivity contribution in [1.29, 1.82) is 0 Å². The number of hydrogen-bond acceptors (Lipinski definition) is 4. The minimum absolute atomic E-state index is 0.490. The molecule has 0 bridgehead atoms. The molecule has 2 aromatic rings.